The van der Waals surface area contributed by atoms with Gasteiger partial charge in [-0.05, 0) is 68.6 Å². The molecule has 0 spiro atoms. The van der Waals surface area contributed by atoms with Crippen LogP contribution in [0.5, 0.6) is 11.5 Å². The van der Waals surface area contributed by atoms with Gasteiger partial charge in [-0.15, -0.1) is 0 Å². The van der Waals surface area contributed by atoms with Crippen LogP contribution in [-0.4, -0.2) is 51.7 Å². The molecular weight excluding hydrogens is 433 g/mol. The molecule has 1 aliphatic rings. The molecule has 1 saturated heterocycles. The van der Waals surface area contributed by atoms with E-state index in [1.54, 1.807) is 18.2 Å². The Hall–Kier alpha value is -2.90. The first-order valence-corrected chi connectivity index (χ1v) is 12.0. The van der Waals surface area contributed by atoms with Crippen molar-refractivity contribution in [3.05, 3.63) is 77.9 Å². The molecule has 7 heteroatoms. The number of para-hydroxylation sites is 1. The highest BCUT2D eigenvalue weighted by atomic mass is 19.1. The predicted molar refractivity (Wildman–Crippen MR) is 129 cm³/mol. The summed E-state index contributed by atoms with van der Waals surface area (Å²) in [6, 6.07) is 16.6. The van der Waals surface area contributed by atoms with Crippen molar-refractivity contribution in [1.29, 1.82) is 0 Å². The molecule has 34 heavy (non-hydrogen) atoms. The molecule has 0 bridgehead atoms. The van der Waals surface area contributed by atoms with Gasteiger partial charge >= 0.3 is 0 Å². The van der Waals surface area contributed by atoms with Crippen LogP contribution in [0.2, 0.25) is 0 Å². The van der Waals surface area contributed by atoms with Gasteiger partial charge in [0.15, 0.2) is 11.6 Å². The van der Waals surface area contributed by atoms with E-state index in [9.17, 15) is 9.50 Å². The normalized spacial score (nSPS) is 19.0. The standard InChI is InChI=1S/C27H34FN3O3/c1-22-12-17-31(29-22)16-5-19-33-24-10-8-23(9-11-24)20-30-15-4-13-27(32,14-18-30)21-34-26-7-3-2-6-25(26)28/h2-3,6-12,17,32H,4-5,13-16,18-21H2,1H3/t27-/m0/s1. The molecule has 1 aliphatic heterocycles. The maximum Gasteiger partial charge on any atom is 0.165 e. The summed E-state index contributed by atoms with van der Waals surface area (Å²) in [7, 11) is 0. The van der Waals surface area contributed by atoms with E-state index in [0.29, 0.717) is 19.4 Å². The number of aromatic nitrogens is 2. The first-order chi connectivity index (χ1) is 16.5. The Morgan fingerprint density at radius 3 is 2.62 bits per heavy atom. The Kier molecular flexibility index (Phi) is 8.19. The minimum atomic E-state index is -0.941. The summed E-state index contributed by atoms with van der Waals surface area (Å²) in [4.78, 5) is 2.35. The number of nitrogens with zero attached hydrogens (tertiary/aromatic N) is 3. The molecule has 0 aliphatic carbocycles. The van der Waals surface area contributed by atoms with Crippen LogP contribution in [0.15, 0.2) is 60.8 Å². The molecule has 0 saturated carbocycles. The Morgan fingerprint density at radius 1 is 1.03 bits per heavy atom. The second kappa shape index (κ2) is 11.5. The molecule has 1 aromatic heterocycles. The molecule has 3 aromatic rings. The predicted octanol–water partition coefficient (Wildman–Crippen LogP) is 4.60. The topological polar surface area (TPSA) is 59.8 Å². The largest absolute Gasteiger partial charge is 0.494 e. The van der Waals surface area contributed by atoms with Crippen molar-refractivity contribution >= 4 is 0 Å². The SMILES string of the molecule is Cc1ccn(CCCOc2ccc(CN3CCC[C@@](O)(COc4ccccc4F)CC3)cc2)n1. The van der Waals surface area contributed by atoms with E-state index in [1.165, 1.54) is 11.6 Å². The number of hydrogen-bond donors (Lipinski definition) is 1. The van der Waals surface area contributed by atoms with E-state index in [2.05, 4.69) is 22.1 Å². The van der Waals surface area contributed by atoms with E-state index < -0.39 is 11.4 Å². The summed E-state index contributed by atoms with van der Waals surface area (Å²) in [5.74, 6) is 0.661. The van der Waals surface area contributed by atoms with E-state index in [-0.39, 0.29) is 12.4 Å². The van der Waals surface area contributed by atoms with Gasteiger partial charge in [-0.3, -0.25) is 9.58 Å². The number of ether oxygens (including phenoxy) is 2. The summed E-state index contributed by atoms with van der Waals surface area (Å²) in [6.45, 7) is 6.09. The van der Waals surface area contributed by atoms with Crippen LogP contribution >= 0.6 is 0 Å². The summed E-state index contributed by atoms with van der Waals surface area (Å²) in [5.41, 5.74) is 1.30. The second-order valence-corrected chi connectivity index (χ2v) is 9.14. The number of rotatable bonds is 10. The van der Waals surface area contributed by atoms with Gasteiger partial charge in [-0.25, -0.2) is 4.39 Å². The first-order valence-electron chi connectivity index (χ1n) is 12.0. The Bertz CT molecular complexity index is 1040. The number of benzene rings is 2. The quantitative estimate of drug-likeness (QED) is 0.442. The Balaban J connectivity index is 1.19. The molecule has 1 fully saturated rings. The van der Waals surface area contributed by atoms with Crippen molar-refractivity contribution in [2.75, 3.05) is 26.3 Å². The Morgan fingerprint density at radius 2 is 1.85 bits per heavy atom. The van der Waals surface area contributed by atoms with Gasteiger partial charge in [0.1, 0.15) is 12.4 Å². The van der Waals surface area contributed by atoms with Crippen LogP contribution in [0.3, 0.4) is 0 Å². The minimum absolute atomic E-state index is 0.105. The number of hydrogen-bond acceptors (Lipinski definition) is 5. The van der Waals surface area contributed by atoms with Gasteiger partial charge in [0, 0.05) is 32.3 Å². The van der Waals surface area contributed by atoms with Crippen molar-refractivity contribution in [3.8, 4) is 11.5 Å². The van der Waals surface area contributed by atoms with Crippen LogP contribution in [0, 0.1) is 12.7 Å². The van der Waals surface area contributed by atoms with Gasteiger partial charge in [-0.1, -0.05) is 24.3 Å². The van der Waals surface area contributed by atoms with Crippen molar-refractivity contribution in [1.82, 2.24) is 14.7 Å². The van der Waals surface area contributed by atoms with E-state index in [4.69, 9.17) is 9.47 Å². The molecule has 2 aromatic carbocycles. The zero-order valence-corrected chi connectivity index (χ0v) is 19.8. The second-order valence-electron chi connectivity index (χ2n) is 9.14. The summed E-state index contributed by atoms with van der Waals surface area (Å²) < 4.78 is 27.2. The fourth-order valence-electron chi connectivity index (χ4n) is 4.26. The lowest BCUT2D eigenvalue weighted by Gasteiger charge is -2.27. The zero-order chi connectivity index (χ0) is 23.8. The van der Waals surface area contributed by atoms with Crippen LogP contribution in [0.25, 0.3) is 0 Å². The molecule has 0 amide bonds. The highest BCUT2D eigenvalue weighted by molar-refractivity contribution is 5.27. The molecular formula is C27H34FN3O3. The third-order valence-corrected chi connectivity index (χ3v) is 6.25. The van der Waals surface area contributed by atoms with Crippen LogP contribution < -0.4 is 9.47 Å². The summed E-state index contributed by atoms with van der Waals surface area (Å²) in [5, 5.41) is 15.4. The maximum atomic E-state index is 13.8. The smallest absolute Gasteiger partial charge is 0.165 e. The lowest BCUT2D eigenvalue weighted by atomic mass is 9.96. The molecule has 0 unspecified atom stereocenters. The van der Waals surface area contributed by atoms with Gasteiger partial charge in [-0.2, -0.15) is 5.10 Å². The lowest BCUT2D eigenvalue weighted by molar-refractivity contribution is -0.0177. The third kappa shape index (κ3) is 7.05. The Labute approximate surface area is 200 Å². The van der Waals surface area contributed by atoms with E-state index in [0.717, 1.165) is 50.5 Å². The molecule has 4 rings (SSSR count). The number of likely N-dealkylation sites (tertiary alicyclic amines) is 1. The average molecular weight is 468 g/mol. The van der Waals surface area contributed by atoms with Crippen molar-refractivity contribution in [2.45, 2.75) is 51.3 Å². The lowest BCUT2D eigenvalue weighted by Crippen LogP contribution is -2.37. The van der Waals surface area contributed by atoms with Gasteiger partial charge < -0.3 is 14.6 Å². The fourth-order valence-corrected chi connectivity index (χ4v) is 4.26. The first kappa shape index (κ1) is 24.2. The van der Waals surface area contributed by atoms with Crippen molar-refractivity contribution < 1.29 is 19.0 Å². The fraction of sp³-hybridized carbons (Fsp3) is 0.444. The third-order valence-electron chi connectivity index (χ3n) is 6.25. The molecule has 182 valence electrons. The van der Waals surface area contributed by atoms with Gasteiger partial charge in [0.05, 0.1) is 17.9 Å². The van der Waals surface area contributed by atoms with Gasteiger partial charge in [0.2, 0.25) is 0 Å². The van der Waals surface area contributed by atoms with Gasteiger partial charge in [0.25, 0.3) is 0 Å². The average Bonchev–Trinajstić information content (AvgIpc) is 3.16. The van der Waals surface area contributed by atoms with Crippen molar-refractivity contribution in [3.63, 3.8) is 0 Å². The highest BCUT2D eigenvalue weighted by Gasteiger charge is 2.31. The van der Waals surface area contributed by atoms with Crippen LogP contribution in [0.1, 0.15) is 36.9 Å². The molecule has 6 nitrogen and oxygen atoms in total. The number of halogens is 1. The highest BCUT2D eigenvalue weighted by Crippen LogP contribution is 2.26. The maximum absolute atomic E-state index is 13.8. The minimum Gasteiger partial charge on any atom is -0.494 e. The van der Waals surface area contributed by atoms with Crippen LogP contribution in [-0.2, 0) is 13.1 Å². The van der Waals surface area contributed by atoms with Crippen LogP contribution in [0.4, 0.5) is 4.39 Å². The van der Waals surface area contributed by atoms with E-state index in [1.807, 2.05) is 36.0 Å². The zero-order valence-electron chi connectivity index (χ0n) is 19.8. The van der Waals surface area contributed by atoms with E-state index >= 15 is 0 Å². The number of aliphatic hydroxyl groups is 1. The number of aryl methyl sites for hydroxylation is 2. The summed E-state index contributed by atoms with van der Waals surface area (Å²) >= 11 is 0. The molecule has 0 radical (unpaired) electrons. The van der Waals surface area contributed by atoms with Crippen molar-refractivity contribution in [2.24, 2.45) is 0 Å². The molecule has 2 heterocycles. The monoisotopic (exact) mass is 467 g/mol. The molecule has 1 atom stereocenters. The molecule has 1 N–H and O–H groups in total. The summed E-state index contributed by atoms with van der Waals surface area (Å²) in [6.07, 6.45) is 5.00.